The maximum absolute atomic E-state index is 12.0. The molecule has 1 amide bonds. The van der Waals surface area contributed by atoms with Crippen LogP contribution in [-0.4, -0.2) is 33.7 Å². The smallest absolute Gasteiger partial charge is 0.261 e. The molecule has 10 heteroatoms. The van der Waals surface area contributed by atoms with Crippen molar-refractivity contribution < 1.29 is 21.6 Å². The Morgan fingerprint density at radius 1 is 1.19 bits per heavy atom. The molecule has 1 N–H and O–H groups in total. The molecule has 0 aromatic heterocycles. The number of halogens is 2. The van der Waals surface area contributed by atoms with Crippen LogP contribution in [0.1, 0.15) is 13.8 Å². The quantitative estimate of drug-likeness (QED) is 0.814. The average Bonchev–Trinajstić information content (AvgIpc) is 2.28. The summed E-state index contributed by atoms with van der Waals surface area (Å²) in [6, 6.07) is 3.44. The lowest BCUT2D eigenvalue weighted by atomic mass is 10.2. The van der Waals surface area contributed by atoms with Gasteiger partial charge in [-0.05, 0) is 32.0 Å². The Hall–Kier alpha value is -0.830. The third-order valence-corrected chi connectivity index (χ3v) is 6.65. The van der Waals surface area contributed by atoms with Gasteiger partial charge in [0, 0.05) is 16.9 Å². The summed E-state index contributed by atoms with van der Waals surface area (Å²) in [7, 11) is -2.41. The van der Waals surface area contributed by atoms with Gasteiger partial charge in [-0.2, -0.15) is 0 Å². The lowest BCUT2D eigenvalue weighted by Gasteiger charge is -2.21. The largest absolute Gasteiger partial charge is 0.323 e. The first-order valence-corrected chi connectivity index (χ1v) is 10.1. The minimum atomic E-state index is -3.94. The first-order valence-electron chi connectivity index (χ1n) is 5.52. The minimum absolute atomic E-state index is 0.0747. The van der Waals surface area contributed by atoms with Gasteiger partial charge in [0.15, 0.2) is 9.84 Å². The van der Waals surface area contributed by atoms with Crippen molar-refractivity contribution in [1.29, 1.82) is 0 Å². The van der Waals surface area contributed by atoms with E-state index in [1.54, 1.807) is 0 Å². The highest BCUT2D eigenvalue weighted by Crippen LogP contribution is 2.28. The van der Waals surface area contributed by atoms with Crippen molar-refractivity contribution in [3.63, 3.8) is 0 Å². The molecule has 6 nitrogen and oxygen atoms in total. The Morgan fingerprint density at radius 3 is 2.10 bits per heavy atom. The highest BCUT2D eigenvalue weighted by molar-refractivity contribution is 8.13. The fraction of sp³-hybridized carbons (Fsp3) is 0.364. The molecule has 0 spiro atoms. The molecular formula is C11H13Cl2NO5S2. The Morgan fingerprint density at radius 2 is 1.71 bits per heavy atom. The second kappa shape index (κ2) is 5.75. The molecule has 0 saturated heterocycles. The highest BCUT2D eigenvalue weighted by Gasteiger charge is 2.38. The molecule has 0 heterocycles. The molecule has 0 aliphatic heterocycles. The van der Waals surface area contributed by atoms with Crippen molar-refractivity contribution in [2.24, 2.45) is 0 Å². The van der Waals surface area contributed by atoms with Gasteiger partial charge in [-0.25, -0.2) is 16.8 Å². The number of anilines is 1. The number of amides is 1. The summed E-state index contributed by atoms with van der Waals surface area (Å²) in [6.07, 6.45) is 0.942. The van der Waals surface area contributed by atoms with Crippen LogP contribution in [-0.2, 0) is 23.7 Å². The summed E-state index contributed by atoms with van der Waals surface area (Å²) >= 11 is 5.86. The molecule has 0 aliphatic carbocycles. The molecule has 0 fully saturated rings. The van der Waals surface area contributed by atoms with E-state index in [0.29, 0.717) is 0 Å². The molecule has 21 heavy (non-hydrogen) atoms. The maximum atomic E-state index is 12.0. The molecule has 1 rings (SSSR count). The van der Waals surface area contributed by atoms with Gasteiger partial charge in [0.2, 0.25) is 5.91 Å². The van der Waals surface area contributed by atoms with Gasteiger partial charge in [-0.3, -0.25) is 4.79 Å². The summed E-state index contributed by atoms with van der Waals surface area (Å²) in [5.74, 6) is -0.784. The molecule has 0 atom stereocenters. The van der Waals surface area contributed by atoms with Crippen molar-refractivity contribution >= 4 is 52.8 Å². The van der Waals surface area contributed by atoms with Crippen molar-refractivity contribution in [1.82, 2.24) is 0 Å². The minimum Gasteiger partial charge on any atom is -0.323 e. The SMILES string of the molecule is CC(C)(C(=O)Nc1ccc(S(=O)(=O)Cl)cc1Cl)S(C)(=O)=O. The van der Waals surface area contributed by atoms with E-state index < -0.39 is 29.5 Å². The summed E-state index contributed by atoms with van der Waals surface area (Å²) < 4.78 is 43.8. The van der Waals surface area contributed by atoms with E-state index >= 15 is 0 Å². The summed E-state index contributed by atoms with van der Waals surface area (Å²) in [4.78, 5) is 11.8. The summed E-state index contributed by atoms with van der Waals surface area (Å²) in [6.45, 7) is 2.51. The molecule has 0 radical (unpaired) electrons. The van der Waals surface area contributed by atoms with Crippen LogP contribution in [0.4, 0.5) is 5.69 Å². The molecule has 1 aromatic carbocycles. The number of benzene rings is 1. The van der Waals surface area contributed by atoms with Gasteiger partial charge >= 0.3 is 0 Å². The lowest BCUT2D eigenvalue weighted by Crippen LogP contribution is -2.43. The van der Waals surface area contributed by atoms with Crippen molar-refractivity contribution in [3.8, 4) is 0 Å². The zero-order valence-electron chi connectivity index (χ0n) is 11.3. The van der Waals surface area contributed by atoms with Crippen molar-refractivity contribution in [2.45, 2.75) is 23.5 Å². The Labute approximate surface area is 132 Å². The van der Waals surface area contributed by atoms with E-state index in [1.807, 2.05) is 0 Å². The predicted octanol–water partition coefficient (Wildman–Crippen LogP) is 2.03. The number of sulfone groups is 1. The van der Waals surface area contributed by atoms with Crippen LogP contribution >= 0.6 is 22.3 Å². The van der Waals surface area contributed by atoms with Crippen LogP contribution in [0.15, 0.2) is 23.1 Å². The Bertz CT molecular complexity index is 785. The molecule has 1 aromatic rings. The van der Waals surface area contributed by atoms with Crippen LogP contribution in [0.2, 0.25) is 5.02 Å². The molecular weight excluding hydrogens is 361 g/mol. The number of rotatable bonds is 4. The van der Waals surface area contributed by atoms with Gasteiger partial charge in [-0.15, -0.1) is 0 Å². The fourth-order valence-electron chi connectivity index (χ4n) is 1.19. The number of carbonyl (C=O) groups is 1. The fourth-order valence-corrected chi connectivity index (χ4v) is 2.65. The van der Waals surface area contributed by atoms with Crippen molar-refractivity contribution in [2.75, 3.05) is 11.6 Å². The standard InChI is InChI=1S/C11H13Cl2NO5S2/c1-11(2,20(3,16)17)10(15)14-9-5-4-7(6-8(9)12)21(13,18)19/h4-6H,1-3H3,(H,14,15). The van der Waals surface area contributed by atoms with E-state index in [4.69, 9.17) is 22.3 Å². The van der Waals surface area contributed by atoms with Crippen LogP contribution in [0, 0.1) is 0 Å². The lowest BCUT2D eigenvalue weighted by molar-refractivity contribution is -0.117. The maximum Gasteiger partial charge on any atom is 0.261 e. The summed E-state index contributed by atoms with van der Waals surface area (Å²) in [5, 5.41) is 2.27. The summed E-state index contributed by atoms with van der Waals surface area (Å²) in [5.41, 5.74) is 0.0856. The van der Waals surface area contributed by atoms with Gasteiger partial charge in [0.25, 0.3) is 9.05 Å². The van der Waals surface area contributed by atoms with E-state index in [9.17, 15) is 21.6 Å². The second-order valence-electron chi connectivity index (χ2n) is 4.82. The third-order valence-electron chi connectivity index (χ3n) is 2.94. The van der Waals surface area contributed by atoms with E-state index in [1.165, 1.54) is 19.9 Å². The van der Waals surface area contributed by atoms with Gasteiger partial charge in [-0.1, -0.05) is 11.6 Å². The van der Waals surface area contributed by atoms with Gasteiger partial charge in [0.05, 0.1) is 15.6 Å². The Balaban J connectivity index is 3.14. The van der Waals surface area contributed by atoms with Crippen molar-refractivity contribution in [3.05, 3.63) is 23.2 Å². The Kier molecular flexibility index (Phi) is 4.99. The zero-order chi connectivity index (χ0) is 16.6. The molecule has 0 aliphatic rings. The monoisotopic (exact) mass is 373 g/mol. The van der Waals surface area contributed by atoms with Crippen LogP contribution in [0.25, 0.3) is 0 Å². The molecule has 0 saturated carbocycles. The van der Waals surface area contributed by atoms with Crippen LogP contribution in [0.5, 0.6) is 0 Å². The van der Waals surface area contributed by atoms with E-state index in [0.717, 1.165) is 18.4 Å². The van der Waals surface area contributed by atoms with Crippen LogP contribution in [0.3, 0.4) is 0 Å². The van der Waals surface area contributed by atoms with Crippen LogP contribution < -0.4 is 5.32 Å². The molecule has 118 valence electrons. The average molecular weight is 374 g/mol. The normalized spacial score (nSPS) is 13.0. The van der Waals surface area contributed by atoms with E-state index in [-0.39, 0.29) is 15.6 Å². The highest BCUT2D eigenvalue weighted by atomic mass is 35.7. The topological polar surface area (TPSA) is 97.4 Å². The number of nitrogens with one attached hydrogen (secondary N) is 1. The third kappa shape index (κ3) is 4.09. The number of hydrogen-bond acceptors (Lipinski definition) is 5. The first kappa shape index (κ1) is 18.2. The number of hydrogen-bond donors (Lipinski definition) is 1. The second-order valence-corrected chi connectivity index (χ2v) is 10.4. The first-order chi connectivity index (χ1) is 9.26. The number of carbonyl (C=O) groups excluding carboxylic acids is 1. The predicted molar refractivity (Wildman–Crippen MR) is 82.0 cm³/mol. The molecule has 0 unspecified atom stereocenters. The zero-order valence-corrected chi connectivity index (χ0v) is 14.5. The molecule has 0 bridgehead atoms. The van der Waals surface area contributed by atoms with Gasteiger partial charge < -0.3 is 5.32 Å². The van der Waals surface area contributed by atoms with Gasteiger partial charge in [0.1, 0.15) is 4.75 Å². The van der Waals surface area contributed by atoms with E-state index in [2.05, 4.69) is 5.32 Å².